The fourth-order valence-corrected chi connectivity index (χ4v) is 9.39. The molecule has 1 aromatic heterocycles. The molecular formula is C61H58N2O. The van der Waals surface area contributed by atoms with Gasteiger partial charge in [-0.3, -0.25) is 0 Å². The maximum atomic E-state index is 10.4. The van der Waals surface area contributed by atoms with Crippen molar-refractivity contribution in [3.8, 4) is 22.6 Å². The van der Waals surface area contributed by atoms with Gasteiger partial charge in [-0.05, 0) is 138 Å². The first-order chi connectivity index (χ1) is 31.2. The summed E-state index contributed by atoms with van der Waals surface area (Å²) in [5.41, 5.74) is 17.2. The third kappa shape index (κ3) is 8.42. The average Bonchev–Trinajstić information content (AvgIpc) is 3.77. The first kappa shape index (κ1) is 43.3. The van der Waals surface area contributed by atoms with Crippen LogP contribution in [0, 0.1) is 6.92 Å². The number of anilines is 2. The minimum atomic E-state index is 0.0766. The third-order valence-corrected chi connectivity index (χ3v) is 12.4. The Morgan fingerprint density at radius 3 is 2.02 bits per heavy atom. The SMILES string of the molecule is C=CC1=C(/C=C\C)c2ccccc2C1(C)C.CC.Cc1cccc(N(C2=CCC(c3ccc4c(c3)c3cc(O)ccc3n4-c3ccccc3)C=C2)c2ccc(-c3ccccc3)cc2)c1. The predicted molar refractivity (Wildman–Crippen MR) is 275 cm³/mol. The maximum Gasteiger partial charge on any atom is 0.116 e. The molecule has 0 bridgehead atoms. The van der Waals surface area contributed by atoms with Gasteiger partial charge in [-0.25, -0.2) is 0 Å². The molecule has 2 aliphatic rings. The smallest absolute Gasteiger partial charge is 0.116 e. The van der Waals surface area contributed by atoms with Crippen molar-refractivity contribution in [2.24, 2.45) is 0 Å². The second-order valence-electron chi connectivity index (χ2n) is 16.8. The fraction of sp³-hybridized carbons (Fsp3) is 0.148. The number of nitrogens with zero attached hydrogens (tertiary/aromatic N) is 2. The van der Waals surface area contributed by atoms with Crippen LogP contribution in [0.2, 0.25) is 0 Å². The van der Waals surface area contributed by atoms with E-state index in [4.69, 9.17) is 0 Å². The summed E-state index contributed by atoms with van der Waals surface area (Å²) in [6.07, 6.45) is 14.1. The van der Waals surface area contributed by atoms with Crippen LogP contribution in [0.4, 0.5) is 11.4 Å². The number of phenols is 1. The van der Waals surface area contributed by atoms with E-state index in [1.165, 1.54) is 50.2 Å². The van der Waals surface area contributed by atoms with E-state index >= 15 is 0 Å². The van der Waals surface area contributed by atoms with Crippen molar-refractivity contribution in [1.29, 1.82) is 0 Å². The van der Waals surface area contributed by atoms with Crippen molar-refractivity contribution < 1.29 is 5.11 Å². The lowest BCUT2D eigenvalue weighted by molar-refractivity contribution is 0.476. The average molecular weight is 835 g/mol. The highest BCUT2D eigenvalue weighted by Crippen LogP contribution is 2.47. The van der Waals surface area contributed by atoms with Crippen molar-refractivity contribution >= 4 is 38.8 Å². The molecule has 1 atom stereocenters. The van der Waals surface area contributed by atoms with Crippen molar-refractivity contribution in [3.05, 3.63) is 246 Å². The Morgan fingerprint density at radius 1 is 0.688 bits per heavy atom. The van der Waals surface area contributed by atoms with Crippen LogP contribution in [-0.2, 0) is 5.41 Å². The number of benzene rings is 7. The Labute approximate surface area is 380 Å². The van der Waals surface area contributed by atoms with Crippen LogP contribution in [0.3, 0.4) is 0 Å². The van der Waals surface area contributed by atoms with Gasteiger partial charge in [0.1, 0.15) is 5.75 Å². The van der Waals surface area contributed by atoms with E-state index in [0.717, 1.165) is 45.3 Å². The molecule has 2 aliphatic carbocycles. The van der Waals surface area contributed by atoms with Gasteiger partial charge < -0.3 is 14.6 Å². The van der Waals surface area contributed by atoms with Gasteiger partial charge in [0.25, 0.3) is 0 Å². The zero-order chi connectivity index (χ0) is 44.8. The summed E-state index contributed by atoms with van der Waals surface area (Å²) in [6.45, 7) is 16.7. The molecule has 1 unspecified atom stereocenters. The van der Waals surface area contributed by atoms with E-state index in [0.29, 0.717) is 0 Å². The Morgan fingerprint density at radius 2 is 1.34 bits per heavy atom. The lowest BCUT2D eigenvalue weighted by Gasteiger charge is -2.29. The molecule has 0 aliphatic heterocycles. The van der Waals surface area contributed by atoms with E-state index in [1.54, 1.807) is 6.07 Å². The summed E-state index contributed by atoms with van der Waals surface area (Å²) in [5.74, 6) is 0.531. The van der Waals surface area contributed by atoms with Gasteiger partial charge in [0.05, 0.1) is 11.0 Å². The summed E-state index contributed by atoms with van der Waals surface area (Å²) in [4.78, 5) is 2.36. The largest absolute Gasteiger partial charge is 0.508 e. The Hall–Kier alpha value is -7.36. The van der Waals surface area contributed by atoms with Gasteiger partial charge in [0.15, 0.2) is 0 Å². The summed E-state index contributed by atoms with van der Waals surface area (Å²) in [6, 6.07) is 59.6. The van der Waals surface area contributed by atoms with Crippen LogP contribution in [0.5, 0.6) is 5.75 Å². The number of allylic oxidation sites excluding steroid dienone is 8. The number of phenolic OH excluding ortho intramolecular Hbond substituents is 1. The van der Waals surface area contributed by atoms with Crippen molar-refractivity contribution in [2.75, 3.05) is 4.90 Å². The highest BCUT2D eigenvalue weighted by atomic mass is 16.3. The molecule has 0 spiro atoms. The summed E-state index contributed by atoms with van der Waals surface area (Å²) in [7, 11) is 0. The maximum absolute atomic E-state index is 10.4. The van der Waals surface area contributed by atoms with Crippen molar-refractivity contribution in [2.45, 2.75) is 59.3 Å². The highest BCUT2D eigenvalue weighted by molar-refractivity contribution is 6.10. The predicted octanol–water partition coefficient (Wildman–Crippen LogP) is 16.8. The number of hydrogen-bond donors (Lipinski definition) is 1. The normalized spacial score (nSPS) is 15.0. The molecule has 1 N–H and O–H groups in total. The van der Waals surface area contributed by atoms with E-state index in [9.17, 15) is 5.11 Å². The van der Waals surface area contributed by atoms with Gasteiger partial charge in [0.2, 0.25) is 0 Å². The minimum Gasteiger partial charge on any atom is -0.508 e. The van der Waals surface area contributed by atoms with Gasteiger partial charge in [-0.2, -0.15) is 0 Å². The zero-order valence-corrected chi connectivity index (χ0v) is 38.0. The number of aromatic nitrogens is 1. The first-order valence-corrected chi connectivity index (χ1v) is 22.6. The number of aromatic hydroxyl groups is 1. The Bertz CT molecular complexity index is 3050. The second-order valence-corrected chi connectivity index (χ2v) is 16.8. The van der Waals surface area contributed by atoms with Crippen LogP contribution in [0.15, 0.2) is 224 Å². The molecule has 0 radical (unpaired) electrons. The lowest BCUT2D eigenvalue weighted by atomic mass is 9.81. The summed E-state index contributed by atoms with van der Waals surface area (Å²) >= 11 is 0. The Balaban J connectivity index is 0.000000261. The molecule has 3 heteroatoms. The van der Waals surface area contributed by atoms with Crippen molar-refractivity contribution in [3.63, 3.8) is 0 Å². The van der Waals surface area contributed by atoms with E-state index in [-0.39, 0.29) is 17.1 Å². The molecule has 10 rings (SSSR count). The van der Waals surface area contributed by atoms with Crippen LogP contribution >= 0.6 is 0 Å². The second kappa shape index (κ2) is 18.9. The third-order valence-electron chi connectivity index (χ3n) is 12.4. The quantitative estimate of drug-likeness (QED) is 0.165. The first-order valence-electron chi connectivity index (χ1n) is 22.6. The number of aryl methyl sites for hydroxylation is 1. The minimum absolute atomic E-state index is 0.0766. The molecule has 64 heavy (non-hydrogen) atoms. The molecule has 1 heterocycles. The van der Waals surface area contributed by atoms with Gasteiger partial charge in [0, 0.05) is 44.9 Å². The number of rotatable bonds is 8. The lowest BCUT2D eigenvalue weighted by Crippen LogP contribution is -2.17. The molecule has 0 saturated carbocycles. The number of fused-ring (bicyclic) bond motifs is 4. The Kier molecular flexibility index (Phi) is 12.8. The number of para-hydroxylation sites is 1. The number of hydrogen-bond acceptors (Lipinski definition) is 2. The zero-order valence-electron chi connectivity index (χ0n) is 38.0. The molecule has 318 valence electrons. The van der Waals surface area contributed by atoms with Crippen LogP contribution in [-0.4, -0.2) is 9.67 Å². The topological polar surface area (TPSA) is 28.4 Å². The molecule has 8 aromatic rings. The van der Waals surface area contributed by atoms with Crippen LogP contribution in [0.25, 0.3) is 44.2 Å². The molecule has 0 saturated heterocycles. The summed E-state index contributed by atoms with van der Waals surface area (Å²) < 4.78 is 2.28. The van der Waals surface area contributed by atoms with Gasteiger partial charge >= 0.3 is 0 Å². The molecule has 0 amide bonds. The molecule has 3 nitrogen and oxygen atoms in total. The van der Waals surface area contributed by atoms with E-state index in [2.05, 4.69) is 220 Å². The van der Waals surface area contributed by atoms with Crippen LogP contribution in [0.1, 0.15) is 69.2 Å². The monoisotopic (exact) mass is 834 g/mol. The standard InChI is InChI=1S/C43H34N2O.C16H18.C2H6/c1-30-9-8-14-38(27-30)44(36-20-15-32(16-21-36)31-10-4-2-5-11-31)37-22-17-33(18-23-37)34-19-25-42-40(28-34)41-29-39(46)24-26-43(41)45(42)35-12-6-3-7-13-35;1-5-9-12-13-10-7-8-11-15(13)16(3,4)14(12)6-2;1-2/h2-17,19-29,33,46H,18H2,1H3;5-11H,2H2,1,3-4H3;1-2H3/b;9-5-;. The highest BCUT2D eigenvalue weighted by Gasteiger charge is 2.34. The van der Waals surface area contributed by atoms with Crippen LogP contribution < -0.4 is 4.90 Å². The van der Waals surface area contributed by atoms with E-state index in [1.807, 2.05) is 38.1 Å². The molecular weight excluding hydrogens is 777 g/mol. The van der Waals surface area contributed by atoms with E-state index < -0.39 is 0 Å². The van der Waals surface area contributed by atoms with Gasteiger partial charge in [-0.1, -0.05) is 168 Å². The van der Waals surface area contributed by atoms with Gasteiger partial charge in [-0.15, -0.1) is 0 Å². The molecule has 0 fully saturated rings. The summed E-state index contributed by atoms with van der Waals surface area (Å²) in [5, 5.41) is 12.6. The van der Waals surface area contributed by atoms with Crippen molar-refractivity contribution in [1.82, 2.24) is 4.57 Å². The fourth-order valence-electron chi connectivity index (χ4n) is 9.39. The molecule has 7 aromatic carbocycles.